The van der Waals surface area contributed by atoms with Gasteiger partial charge in [-0.2, -0.15) is 17.2 Å². The Morgan fingerprint density at radius 3 is 1.83 bits per heavy atom. The van der Waals surface area contributed by atoms with E-state index in [9.17, 15) is 26.4 Å². The zero-order chi connectivity index (χ0) is 22.7. The first-order chi connectivity index (χ1) is 13.1. The van der Waals surface area contributed by atoms with Crippen LogP contribution < -0.4 is 0 Å². The molecule has 1 aromatic rings. The fraction of sp³-hybridized carbons (Fsp3) is 0.650. The molecule has 0 aliphatic rings. The average molecular weight is 439 g/mol. The summed E-state index contributed by atoms with van der Waals surface area (Å²) in [5.74, 6) is -0.599. The van der Waals surface area contributed by atoms with Crippen molar-refractivity contribution in [3.05, 3.63) is 34.4 Å². The summed E-state index contributed by atoms with van der Waals surface area (Å²) in [5, 5.41) is -4.97. The third-order valence-corrected chi connectivity index (χ3v) is 5.59. The SMILES string of the molecule is CC(C)c1cc(C(C)C)c(C(=O)OCCC(F)C(F)(F)S(=O)(=O)O)c(C(C)C)c1. The summed E-state index contributed by atoms with van der Waals surface area (Å²) in [6, 6.07) is 3.81. The molecule has 9 heteroatoms. The summed E-state index contributed by atoms with van der Waals surface area (Å²) in [6.07, 6.45) is -4.28. The van der Waals surface area contributed by atoms with Crippen molar-refractivity contribution in [3.8, 4) is 0 Å². The average Bonchev–Trinajstić information content (AvgIpc) is 2.58. The van der Waals surface area contributed by atoms with Crippen molar-refractivity contribution in [2.24, 2.45) is 0 Å². The topological polar surface area (TPSA) is 80.7 Å². The molecule has 29 heavy (non-hydrogen) atoms. The molecule has 0 spiro atoms. The Morgan fingerprint density at radius 1 is 1.03 bits per heavy atom. The van der Waals surface area contributed by atoms with Crippen LogP contribution in [-0.4, -0.2) is 37.0 Å². The van der Waals surface area contributed by atoms with Gasteiger partial charge >= 0.3 is 21.3 Å². The normalized spacial score (nSPS) is 14.0. The second kappa shape index (κ2) is 9.47. The molecular weight excluding hydrogens is 409 g/mol. The van der Waals surface area contributed by atoms with Crippen LogP contribution in [0, 0.1) is 0 Å². The van der Waals surface area contributed by atoms with Gasteiger partial charge in [0, 0.05) is 6.42 Å². The molecule has 1 rings (SSSR count). The molecule has 1 N–H and O–H groups in total. The van der Waals surface area contributed by atoms with E-state index in [1.807, 2.05) is 53.7 Å². The van der Waals surface area contributed by atoms with E-state index in [2.05, 4.69) is 0 Å². The van der Waals surface area contributed by atoms with Crippen LogP contribution in [0.25, 0.3) is 0 Å². The third-order valence-electron chi connectivity index (χ3n) is 4.65. The summed E-state index contributed by atoms with van der Waals surface area (Å²) in [7, 11) is -5.90. The van der Waals surface area contributed by atoms with Crippen LogP contribution in [0.4, 0.5) is 13.2 Å². The van der Waals surface area contributed by atoms with Crippen molar-refractivity contribution in [1.29, 1.82) is 0 Å². The molecule has 0 saturated carbocycles. The van der Waals surface area contributed by atoms with Crippen LogP contribution in [-0.2, 0) is 14.9 Å². The highest BCUT2D eigenvalue weighted by molar-refractivity contribution is 7.86. The number of hydrogen-bond acceptors (Lipinski definition) is 4. The van der Waals surface area contributed by atoms with Gasteiger partial charge in [0.2, 0.25) is 0 Å². The standard InChI is InChI=1S/C20H29F3O5S/c1-11(2)14-9-15(12(3)4)18(16(10-14)13(5)6)19(24)28-8-7-17(21)20(22,23)29(25,26)27/h9-13,17H,7-8H2,1-6H3,(H,25,26,27). The fourth-order valence-electron chi connectivity index (χ4n) is 2.85. The summed E-state index contributed by atoms with van der Waals surface area (Å²) in [5.41, 5.74) is 2.84. The molecule has 0 radical (unpaired) electrons. The number of alkyl halides is 3. The first kappa shape index (κ1) is 25.4. The van der Waals surface area contributed by atoms with Crippen molar-refractivity contribution in [2.45, 2.75) is 77.1 Å². The first-order valence-corrected chi connectivity index (χ1v) is 10.9. The second-order valence-corrected chi connectivity index (χ2v) is 9.46. The monoisotopic (exact) mass is 438 g/mol. The molecule has 1 unspecified atom stereocenters. The molecule has 166 valence electrons. The Bertz CT molecular complexity index is 804. The molecule has 0 fully saturated rings. The predicted octanol–water partition coefficient (Wildman–Crippen LogP) is 5.42. The molecule has 0 aliphatic carbocycles. The molecule has 0 heterocycles. The number of halogens is 3. The summed E-state index contributed by atoms with van der Waals surface area (Å²) in [6.45, 7) is 10.9. The maximum atomic E-state index is 13.6. The van der Waals surface area contributed by atoms with E-state index in [0.717, 1.165) is 16.7 Å². The Morgan fingerprint density at radius 2 is 1.48 bits per heavy atom. The molecule has 0 aliphatic heterocycles. The first-order valence-electron chi connectivity index (χ1n) is 9.44. The number of hydrogen-bond donors (Lipinski definition) is 1. The number of ether oxygens (including phenoxy) is 1. The predicted molar refractivity (Wildman–Crippen MR) is 105 cm³/mol. The lowest BCUT2D eigenvalue weighted by atomic mass is 9.84. The Kier molecular flexibility index (Phi) is 8.30. The highest BCUT2D eigenvalue weighted by Gasteiger charge is 2.52. The molecule has 0 aromatic heterocycles. The third kappa shape index (κ3) is 5.94. The minimum absolute atomic E-state index is 0.0217. The van der Waals surface area contributed by atoms with Crippen molar-refractivity contribution >= 4 is 16.1 Å². The van der Waals surface area contributed by atoms with Crippen LogP contribution >= 0.6 is 0 Å². The number of esters is 1. The van der Waals surface area contributed by atoms with Gasteiger partial charge in [0.25, 0.3) is 0 Å². The largest absolute Gasteiger partial charge is 0.462 e. The minimum Gasteiger partial charge on any atom is -0.462 e. The van der Waals surface area contributed by atoms with Gasteiger partial charge in [0.1, 0.15) is 0 Å². The highest BCUT2D eigenvalue weighted by Crippen LogP contribution is 2.33. The molecule has 0 saturated heterocycles. The van der Waals surface area contributed by atoms with Crippen molar-refractivity contribution in [1.82, 2.24) is 0 Å². The Balaban J connectivity index is 3.13. The number of carbonyl (C=O) groups is 1. The Hall–Kier alpha value is -1.61. The van der Waals surface area contributed by atoms with Gasteiger partial charge in [-0.3, -0.25) is 4.55 Å². The van der Waals surface area contributed by atoms with Crippen molar-refractivity contribution < 1.29 is 35.7 Å². The number of rotatable bonds is 9. The van der Waals surface area contributed by atoms with Gasteiger partial charge in [-0.05, 0) is 34.4 Å². The van der Waals surface area contributed by atoms with Gasteiger partial charge in [0.05, 0.1) is 12.2 Å². The minimum atomic E-state index is -5.90. The quantitative estimate of drug-likeness (QED) is 0.411. The van der Waals surface area contributed by atoms with Crippen molar-refractivity contribution in [3.63, 3.8) is 0 Å². The number of benzene rings is 1. The van der Waals surface area contributed by atoms with E-state index < -0.39 is 40.5 Å². The lowest BCUT2D eigenvalue weighted by Crippen LogP contribution is -2.39. The van der Waals surface area contributed by atoms with Crippen LogP contribution in [0.15, 0.2) is 12.1 Å². The van der Waals surface area contributed by atoms with E-state index in [1.54, 1.807) is 0 Å². The van der Waals surface area contributed by atoms with Crippen molar-refractivity contribution in [2.75, 3.05) is 6.61 Å². The molecule has 0 bridgehead atoms. The summed E-state index contributed by atoms with van der Waals surface area (Å²) in [4.78, 5) is 12.7. The lowest BCUT2D eigenvalue weighted by Gasteiger charge is -2.22. The molecule has 1 aromatic carbocycles. The zero-order valence-corrected chi connectivity index (χ0v) is 18.3. The zero-order valence-electron chi connectivity index (χ0n) is 17.5. The second-order valence-electron chi connectivity index (χ2n) is 7.97. The molecule has 5 nitrogen and oxygen atoms in total. The van der Waals surface area contributed by atoms with E-state index in [0.29, 0.717) is 5.56 Å². The maximum absolute atomic E-state index is 13.6. The number of carbonyl (C=O) groups excluding carboxylic acids is 1. The van der Waals surface area contributed by atoms with Gasteiger partial charge in [-0.1, -0.05) is 53.7 Å². The Labute approximate surface area is 170 Å². The van der Waals surface area contributed by atoms with E-state index in [-0.39, 0.29) is 17.8 Å². The smallest absolute Gasteiger partial charge is 0.400 e. The molecular formula is C20H29F3O5S. The van der Waals surface area contributed by atoms with Crippen LogP contribution in [0.1, 0.15) is 92.8 Å². The van der Waals surface area contributed by atoms with Gasteiger partial charge in [0.15, 0.2) is 6.17 Å². The molecule has 0 amide bonds. The van der Waals surface area contributed by atoms with E-state index >= 15 is 0 Å². The summed E-state index contributed by atoms with van der Waals surface area (Å²) >= 11 is 0. The lowest BCUT2D eigenvalue weighted by molar-refractivity contribution is -0.0163. The molecule has 1 atom stereocenters. The summed E-state index contributed by atoms with van der Waals surface area (Å²) < 4.78 is 74.8. The van der Waals surface area contributed by atoms with Gasteiger partial charge in [-0.25, -0.2) is 9.18 Å². The van der Waals surface area contributed by atoms with Crippen LogP contribution in [0.3, 0.4) is 0 Å². The van der Waals surface area contributed by atoms with E-state index in [4.69, 9.17) is 9.29 Å². The van der Waals surface area contributed by atoms with Gasteiger partial charge in [-0.15, -0.1) is 0 Å². The highest BCUT2D eigenvalue weighted by atomic mass is 32.2. The van der Waals surface area contributed by atoms with Crippen LogP contribution in [0.2, 0.25) is 0 Å². The van der Waals surface area contributed by atoms with Crippen LogP contribution in [0.5, 0.6) is 0 Å². The maximum Gasteiger partial charge on any atom is 0.400 e. The fourth-order valence-corrected chi connectivity index (χ4v) is 3.29. The van der Waals surface area contributed by atoms with Gasteiger partial charge < -0.3 is 4.74 Å². The van der Waals surface area contributed by atoms with E-state index in [1.165, 1.54) is 0 Å².